The lowest BCUT2D eigenvalue weighted by Crippen LogP contribution is -2.48. The number of hydrogen-bond donors (Lipinski definition) is 6. The second-order valence-electron chi connectivity index (χ2n) is 39.7. The summed E-state index contributed by atoms with van der Waals surface area (Å²) < 4.78 is 469. The van der Waals surface area contributed by atoms with Gasteiger partial charge >= 0.3 is 0 Å². The molecule has 6 N–H and O–H groups in total. The molecule has 6 aromatic carbocycles. The molecule has 780 valence electrons. The highest BCUT2D eigenvalue weighted by Gasteiger charge is 2.47. The molecule has 24 nitrogen and oxygen atoms in total. The SMILES string of the molecule is [2H]c1c2c(c([2H])c(OC([2H])([2H])[2H])c1OC)C1([2H])CC(O)C(CC(C)C)CN1CC2.[2H]c1c2c(c([2H])c(OC([2H])([2H])[2H])c1OC)C1N(CC2)CC([2H])(C([2H])([2H])C(C)(C([2H])([2H])[2H])C([2H])([2H])[2H])C([2H])(O)C1([2H])[2H].[2H]c1c2c(c([2H])c(OC([2H])([2H])[2H])c1OC)C1N(CC2)CC([2H])(CC(C)C)C([2H])(O)C1([2H])[2H].[2H]c1c2c(c([2H])c(OC)c1OC)C1([2H])CC(O)C(C([2H])([2H])C(C)(C([2H])([2H])[2H])C([2H])([2H])[2H])CN1CC2.[2H]c1c2c(c([2H])c(OC)c1OC)C1([2H])CC(O)C(CC(C)C)CN1CC2.[2H]c1c2c(c([2H])c(OC)c1OC)C1([2H])CC(O)C(CC(C)C)CN1CC2. The third-order valence-corrected chi connectivity index (χ3v) is 27.3. The predicted octanol–water partition coefficient (Wildman–Crippen LogP) is 19.0. The summed E-state index contributed by atoms with van der Waals surface area (Å²) in [6, 6.07) is -10.5. The number of fused-ring (bicyclic) bond motifs is 18. The van der Waals surface area contributed by atoms with E-state index in [4.69, 9.17) is 121 Å². The van der Waals surface area contributed by atoms with Gasteiger partial charge in [0.2, 0.25) is 0 Å². The van der Waals surface area contributed by atoms with Crippen molar-refractivity contribution in [2.75, 3.05) is 164 Å². The Labute approximate surface area is 908 Å². The van der Waals surface area contributed by atoms with E-state index in [-0.39, 0.29) is 241 Å². The average Bonchev–Trinajstić information content (AvgIpc) is 0.660. The number of hydrogen-bond acceptors (Lipinski definition) is 24. The predicted molar refractivity (Wildman–Crippen MR) is 556 cm³/mol. The molecule has 0 aromatic heterocycles. The molecular weight excluding hydrogens is 1770 g/mol. The van der Waals surface area contributed by atoms with Crippen LogP contribution in [0.2, 0.25) is 0 Å². The van der Waals surface area contributed by atoms with E-state index in [1.165, 1.54) is 61.8 Å². The van der Waals surface area contributed by atoms with Gasteiger partial charge in [-0.3, -0.25) is 29.4 Å². The van der Waals surface area contributed by atoms with E-state index in [1.807, 2.05) is 18.7 Å². The first-order valence-electron chi connectivity index (χ1n) is 72.8. The molecule has 0 amide bonds. The van der Waals surface area contributed by atoms with Crippen LogP contribution in [0.3, 0.4) is 0 Å². The highest BCUT2D eigenvalue weighted by atomic mass is 16.5. The number of ether oxygens (including phenoxy) is 12. The van der Waals surface area contributed by atoms with Crippen LogP contribution >= 0.6 is 0 Å². The molecule has 18 unspecified atom stereocenters. The lowest BCUT2D eigenvalue weighted by Gasteiger charge is -2.47. The minimum atomic E-state index is -3.85. The van der Waals surface area contributed by atoms with Gasteiger partial charge in [-0.15, -0.1) is 0 Å². The fraction of sp³-hybridized carbons (Fsp3) is 0.690. The third kappa shape index (κ3) is 26.3. The maximum absolute atomic E-state index is 11.4. The van der Waals surface area contributed by atoms with Crippen molar-refractivity contribution in [3.05, 3.63) is 139 Å². The van der Waals surface area contributed by atoms with Gasteiger partial charge in [0.05, 0.1) is 159 Å². The van der Waals surface area contributed by atoms with E-state index in [0.29, 0.717) is 117 Å². The molecule has 12 aliphatic heterocycles. The maximum atomic E-state index is 11.4. The number of benzene rings is 6. The Balaban J connectivity index is 0.000000184. The molecule has 18 atom stereocenters. The van der Waals surface area contributed by atoms with Gasteiger partial charge in [0, 0.05) is 145 Å². The molecular formula is C116H178N6O18. The Morgan fingerprint density at radius 3 is 0.814 bits per heavy atom. The third-order valence-electron chi connectivity index (χ3n) is 27.3. The molecule has 6 aromatic rings. The van der Waals surface area contributed by atoms with Crippen LogP contribution in [0.15, 0.2) is 72.5 Å². The summed E-state index contributed by atoms with van der Waals surface area (Å²) in [5.74, 6) is -6.47. The van der Waals surface area contributed by atoms with E-state index in [1.54, 1.807) is 4.90 Å². The van der Waals surface area contributed by atoms with Gasteiger partial charge in [0.1, 0.15) is 0 Å². The van der Waals surface area contributed by atoms with Crippen molar-refractivity contribution in [2.45, 2.75) is 285 Å². The fourth-order valence-electron chi connectivity index (χ4n) is 21.0. The molecule has 6 saturated heterocycles. The zero-order valence-corrected chi connectivity index (χ0v) is 84.2. The van der Waals surface area contributed by atoms with E-state index < -0.39 is 224 Å². The summed E-state index contributed by atoms with van der Waals surface area (Å²) in [7, 11) is 3.24. The maximum Gasteiger partial charge on any atom is 0.161 e. The van der Waals surface area contributed by atoms with Crippen molar-refractivity contribution in [3.8, 4) is 69.0 Å². The average molecular weight is 1990 g/mol. The quantitative estimate of drug-likeness (QED) is 0.0369. The second kappa shape index (κ2) is 48.6. The largest absolute Gasteiger partial charge is 0.493 e. The number of aliphatic hydroxyl groups excluding tert-OH is 4. The van der Waals surface area contributed by atoms with Crippen LogP contribution in [0.5, 0.6) is 69.0 Å². The Kier molecular flexibility index (Phi) is 21.2. The van der Waals surface area contributed by atoms with E-state index in [2.05, 4.69) is 51.3 Å². The van der Waals surface area contributed by atoms with Gasteiger partial charge in [0.25, 0.3) is 0 Å². The summed E-state index contributed by atoms with van der Waals surface area (Å²) in [6.07, 6.45) is -17.9. The molecule has 6 fully saturated rings. The monoisotopic (exact) mass is 1990 g/mol. The topological polar surface area (TPSA) is 252 Å². The lowest BCUT2D eigenvalue weighted by molar-refractivity contribution is -0.0259. The van der Waals surface area contributed by atoms with Gasteiger partial charge < -0.3 is 87.5 Å². The van der Waals surface area contributed by atoms with Crippen molar-refractivity contribution < 1.29 is 155 Å². The van der Waals surface area contributed by atoms with Gasteiger partial charge in [-0.05, 0) is 325 Å². The first-order valence-corrected chi connectivity index (χ1v) is 48.3. The molecule has 0 aliphatic carbocycles. The Hall–Kier alpha value is -7.56. The number of aliphatic hydroxyl groups is 6. The molecule has 140 heavy (non-hydrogen) atoms. The summed E-state index contributed by atoms with van der Waals surface area (Å²) in [4.78, 5) is 10.3. The molecule has 0 spiro atoms. The highest BCUT2D eigenvalue weighted by Crippen LogP contribution is 2.53. The molecule has 18 rings (SSSR count). The lowest BCUT2D eigenvalue weighted by atomic mass is 9.75. The molecule has 0 bridgehead atoms. The van der Waals surface area contributed by atoms with Crippen molar-refractivity contribution in [1.29, 1.82) is 0 Å². The molecule has 0 radical (unpaired) electrons. The zero-order chi connectivity index (χ0) is 144. The van der Waals surface area contributed by atoms with Crippen LogP contribution in [0.4, 0.5) is 0 Å². The van der Waals surface area contributed by atoms with Crippen LogP contribution in [-0.2, 0) is 38.5 Å². The molecule has 12 aliphatic rings. The van der Waals surface area contributed by atoms with Crippen molar-refractivity contribution in [3.63, 3.8) is 0 Å². The van der Waals surface area contributed by atoms with Crippen LogP contribution < -0.4 is 56.8 Å². The van der Waals surface area contributed by atoms with E-state index in [9.17, 15) is 33.4 Å². The first kappa shape index (κ1) is 61.1. The normalized spacial score (nSPS) is 38.3. The number of piperidine rings is 6. The Morgan fingerprint density at radius 1 is 0.314 bits per heavy atom. The minimum Gasteiger partial charge on any atom is -0.493 e. The highest BCUT2D eigenvalue weighted by molar-refractivity contribution is 5.55. The van der Waals surface area contributed by atoms with E-state index in [0.717, 1.165) is 38.2 Å². The zero-order valence-electron chi connectivity index (χ0n) is 133. The summed E-state index contributed by atoms with van der Waals surface area (Å²) in [5.41, 5.74) is -2.64. The van der Waals surface area contributed by atoms with Crippen molar-refractivity contribution in [1.82, 2.24) is 29.4 Å². The molecule has 0 saturated carbocycles. The number of nitrogens with zero attached hydrogens (tertiary/aromatic N) is 6. The van der Waals surface area contributed by atoms with Gasteiger partial charge in [0.15, 0.2) is 69.0 Å². The van der Waals surface area contributed by atoms with Gasteiger partial charge in [-0.1, -0.05) is 96.6 Å². The fourth-order valence-corrected chi connectivity index (χ4v) is 21.0. The summed E-state index contributed by atoms with van der Waals surface area (Å²) in [6.45, 7) is 6.58. The summed E-state index contributed by atoms with van der Waals surface area (Å²) in [5, 5.41) is 65.8. The van der Waals surface area contributed by atoms with Crippen molar-refractivity contribution >= 4 is 0 Å². The molecule has 12 heterocycles. The van der Waals surface area contributed by atoms with Gasteiger partial charge in [-0.2, -0.15) is 0 Å². The molecule has 24 heteroatoms. The Bertz CT molecular complexity index is 7330. The van der Waals surface area contributed by atoms with Crippen LogP contribution in [0.1, 0.15) is 344 Å². The first-order chi connectivity index (χ1) is 86.2. The standard InChI is InChI=1S/2C20H31NO3.4C19H29NO3/c2*1-20(2,3)11-14-12-21-7-6-13-8-18(23-4)19(24-5)9-15(13)16(21)10-17(14)22;4*1-12(2)7-14-11-20-6-5-13-8-18(22-3)19(23-4)9-15(13)16(20)10-17(14)21/h2*8-9,14,16-17,22H,6-7,10-12H2,1-5H3;4*8-9,12,14,16-17,21H,5-7,10-11H2,1-4H3/i1D3,2D3,5D3,8D,9D,10D2,11D2,14D,17D;1D3,2D3,8D,9D,11D2,16D;4D3,8D,9D,10D2,14D,17D;4D3,8D,9D,16D;2*8D,9D,16D. The number of rotatable bonds is 22. The van der Waals surface area contributed by atoms with Crippen LogP contribution in [0, 0.1) is 70.0 Å². The van der Waals surface area contributed by atoms with Gasteiger partial charge in [-0.25, -0.2) is 0 Å². The van der Waals surface area contributed by atoms with Crippen LogP contribution in [0.25, 0.3) is 0 Å². The van der Waals surface area contributed by atoms with E-state index >= 15 is 0 Å². The minimum absolute atomic E-state index is 0.000907. The smallest absolute Gasteiger partial charge is 0.161 e. The number of methoxy groups -OCH3 is 12. The van der Waals surface area contributed by atoms with Crippen LogP contribution in [-0.4, -0.2) is 260 Å². The van der Waals surface area contributed by atoms with Crippen molar-refractivity contribution in [2.24, 2.45) is 70.0 Å². The second-order valence-corrected chi connectivity index (χ2v) is 39.7. The summed E-state index contributed by atoms with van der Waals surface area (Å²) >= 11 is 0. The Morgan fingerprint density at radius 2 is 0.543 bits per heavy atom.